The molecule has 2 heterocycles. The topological polar surface area (TPSA) is 62.7 Å². The van der Waals surface area contributed by atoms with Crippen LogP contribution in [-0.4, -0.2) is 52.1 Å². The molecular weight excluding hydrogens is 372 g/mol. The van der Waals surface area contributed by atoms with Crippen LogP contribution in [0, 0.1) is 13.8 Å². The van der Waals surface area contributed by atoms with E-state index in [2.05, 4.69) is 71.4 Å². The van der Waals surface area contributed by atoms with Crippen molar-refractivity contribution in [2.24, 2.45) is 10.8 Å². The Hall–Kier alpha value is -2.96. The average molecular weight is 403 g/mol. The summed E-state index contributed by atoms with van der Waals surface area (Å²) >= 11 is 0. The molecule has 2 aromatic carbocycles. The van der Waals surface area contributed by atoms with Crippen molar-refractivity contribution < 1.29 is 0 Å². The molecule has 0 amide bonds. The lowest BCUT2D eigenvalue weighted by atomic mass is 10.2. The lowest BCUT2D eigenvalue weighted by Gasteiger charge is -2.33. The molecule has 0 bridgehead atoms. The van der Waals surface area contributed by atoms with Gasteiger partial charge in [-0.3, -0.25) is 9.91 Å². The number of aryl methyl sites for hydroxylation is 1. The van der Waals surface area contributed by atoms with E-state index in [-0.39, 0.29) is 0 Å². The van der Waals surface area contributed by atoms with Gasteiger partial charge in [-0.1, -0.05) is 42.5 Å². The Bertz CT molecular complexity index is 983. The molecule has 0 radical (unpaired) electrons. The second-order valence-electron chi connectivity index (χ2n) is 7.83. The van der Waals surface area contributed by atoms with Gasteiger partial charge < -0.3 is 5.73 Å². The molecule has 0 spiro atoms. The van der Waals surface area contributed by atoms with E-state index in [4.69, 9.17) is 15.9 Å². The summed E-state index contributed by atoms with van der Waals surface area (Å²) in [4.78, 5) is 2.49. The maximum atomic E-state index is 5.71. The zero-order valence-electron chi connectivity index (χ0n) is 17.8. The molecule has 4 rings (SSSR count). The second kappa shape index (κ2) is 9.24. The molecule has 1 aliphatic rings. The van der Waals surface area contributed by atoms with Crippen molar-refractivity contribution >= 4 is 6.21 Å². The number of hydrogen-bond acceptors (Lipinski definition) is 5. The lowest BCUT2D eigenvalue weighted by Crippen LogP contribution is -2.43. The number of nitrogens with zero attached hydrogens (tertiary/aromatic N) is 5. The van der Waals surface area contributed by atoms with Crippen LogP contribution < -0.4 is 5.73 Å². The minimum atomic E-state index is 0.550. The Morgan fingerprint density at radius 1 is 0.933 bits per heavy atom. The van der Waals surface area contributed by atoms with E-state index >= 15 is 0 Å². The zero-order chi connectivity index (χ0) is 20.9. The van der Waals surface area contributed by atoms with Crippen LogP contribution in [0.25, 0.3) is 5.69 Å². The fourth-order valence-electron chi connectivity index (χ4n) is 3.86. The molecule has 1 aromatic heterocycles. The van der Waals surface area contributed by atoms with E-state index in [0.717, 1.165) is 60.9 Å². The summed E-state index contributed by atoms with van der Waals surface area (Å²) in [5, 5.41) is 11.6. The molecule has 3 aromatic rings. The fourth-order valence-corrected chi connectivity index (χ4v) is 3.86. The van der Waals surface area contributed by atoms with Crippen LogP contribution in [0.2, 0.25) is 0 Å². The highest BCUT2D eigenvalue weighted by molar-refractivity contribution is 5.82. The molecule has 6 nitrogen and oxygen atoms in total. The molecular formula is C24H30N6. The molecule has 30 heavy (non-hydrogen) atoms. The van der Waals surface area contributed by atoms with E-state index in [1.165, 1.54) is 5.56 Å². The Morgan fingerprint density at radius 3 is 2.30 bits per heavy atom. The van der Waals surface area contributed by atoms with Gasteiger partial charge in [0, 0.05) is 44.8 Å². The van der Waals surface area contributed by atoms with Gasteiger partial charge in [0.15, 0.2) is 0 Å². The van der Waals surface area contributed by atoms with Crippen LogP contribution >= 0.6 is 0 Å². The molecule has 0 aliphatic carbocycles. The van der Waals surface area contributed by atoms with Gasteiger partial charge in [-0.2, -0.15) is 10.2 Å². The van der Waals surface area contributed by atoms with Crippen molar-refractivity contribution in [1.82, 2.24) is 19.7 Å². The first-order chi connectivity index (χ1) is 14.6. The number of piperazine rings is 1. The van der Waals surface area contributed by atoms with E-state index < -0.39 is 0 Å². The predicted molar refractivity (Wildman–Crippen MR) is 122 cm³/mol. The highest BCUT2D eigenvalue weighted by Gasteiger charge is 2.16. The van der Waals surface area contributed by atoms with Crippen molar-refractivity contribution in [1.29, 1.82) is 0 Å². The van der Waals surface area contributed by atoms with E-state index in [1.54, 1.807) is 0 Å². The maximum Gasteiger partial charge on any atom is 0.0689 e. The molecule has 156 valence electrons. The molecule has 0 unspecified atom stereocenters. The number of hydrazone groups is 1. The monoisotopic (exact) mass is 402 g/mol. The predicted octanol–water partition coefficient (Wildman–Crippen LogP) is 3.10. The SMILES string of the molecule is Cc1nn(-c2ccc(CN)cc2)c(C)c1/C=N/N1CCN(Cc2ccccc2)CC1. The quantitative estimate of drug-likeness (QED) is 0.644. The Labute approximate surface area is 178 Å². The number of rotatable bonds is 6. The van der Waals surface area contributed by atoms with Crippen LogP contribution in [0.3, 0.4) is 0 Å². The van der Waals surface area contributed by atoms with Gasteiger partial charge in [-0.25, -0.2) is 4.68 Å². The van der Waals surface area contributed by atoms with Gasteiger partial charge in [0.1, 0.15) is 0 Å². The van der Waals surface area contributed by atoms with Crippen molar-refractivity contribution in [3.8, 4) is 5.69 Å². The van der Waals surface area contributed by atoms with Gasteiger partial charge in [0.05, 0.1) is 23.3 Å². The number of benzene rings is 2. The average Bonchev–Trinajstić information content (AvgIpc) is 3.07. The summed E-state index contributed by atoms with van der Waals surface area (Å²) in [6, 6.07) is 18.9. The first kappa shape index (κ1) is 20.3. The fraction of sp³-hybridized carbons (Fsp3) is 0.333. The third-order valence-electron chi connectivity index (χ3n) is 5.71. The maximum absolute atomic E-state index is 5.71. The van der Waals surface area contributed by atoms with Gasteiger partial charge in [-0.05, 0) is 37.1 Å². The van der Waals surface area contributed by atoms with Crippen LogP contribution in [0.15, 0.2) is 59.7 Å². The smallest absolute Gasteiger partial charge is 0.0689 e. The van der Waals surface area contributed by atoms with Crippen LogP contribution in [0.4, 0.5) is 0 Å². The van der Waals surface area contributed by atoms with Gasteiger partial charge in [0.25, 0.3) is 0 Å². The third kappa shape index (κ3) is 4.61. The molecule has 6 heteroatoms. The summed E-state index contributed by atoms with van der Waals surface area (Å²) in [5.41, 5.74) is 12.4. The van der Waals surface area contributed by atoms with Gasteiger partial charge in [-0.15, -0.1) is 0 Å². The largest absolute Gasteiger partial charge is 0.326 e. The first-order valence-corrected chi connectivity index (χ1v) is 10.5. The first-order valence-electron chi connectivity index (χ1n) is 10.5. The summed E-state index contributed by atoms with van der Waals surface area (Å²) in [5.74, 6) is 0. The highest BCUT2D eigenvalue weighted by atomic mass is 15.5. The minimum Gasteiger partial charge on any atom is -0.326 e. The molecule has 1 saturated heterocycles. The summed E-state index contributed by atoms with van der Waals surface area (Å²) in [6.07, 6.45) is 1.97. The van der Waals surface area contributed by atoms with E-state index in [0.29, 0.717) is 6.54 Å². The van der Waals surface area contributed by atoms with Crippen LogP contribution in [0.1, 0.15) is 28.1 Å². The molecule has 1 fully saturated rings. The van der Waals surface area contributed by atoms with Gasteiger partial charge in [0.2, 0.25) is 0 Å². The molecule has 1 aliphatic heterocycles. The van der Waals surface area contributed by atoms with Gasteiger partial charge >= 0.3 is 0 Å². The number of nitrogens with two attached hydrogens (primary N) is 1. The van der Waals surface area contributed by atoms with Crippen LogP contribution in [-0.2, 0) is 13.1 Å². The summed E-state index contributed by atoms with van der Waals surface area (Å²) in [6.45, 7) is 9.62. The standard InChI is InChI=1S/C24H30N6/c1-19-24(20(2)30(27-19)23-10-8-21(16-25)9-11-23)17-26-29-14-12-28(13-15-29)18-22-6-4-3-5-7-22/h3-11,17H,12-16,18,25H2,1-2H3/b26-17+. The van der Waals surface area contributed by atoms with Crippen molar-refractivity contribution in [3.63, 3.8) is 0 Å². The Balaban J connectivity index is 1.39. The van der Waals surface area contributed by atoms with E-state index in [1.807, 2.05) is 17.8 Å². The molecule has 0 atom stereocenters. The summed E-state index contributed by atoms with van der Waals surface area (Å²) < 4.78 is 1.98. The van der Waals surface area contributed by atoms with Crippen LogP contribution in [0.5, 0.6) is 0 Å². The normalized spacial score (nSPS) is 15.2. The third-order valence-corrected chi connectivity index (χ3v) is 5.71. The van der Waals surface area contributed by atoms with Crippen molar-refractivity contribution in [2.75, 3.05) is 26.2 Å². The van der Waals surface area contributed by atoms with Crippen molar-refractivity contribution in [3.05, 3.63) is 82.7 Å². The van der Waals surface area contributed by atoms with E-state index in [9.17, 15) is 0 Å². The van der Waals surface area contributed by atoms with Crippen molar-refractivity contribution in [2.45, 2.75) is 26.9 Å². The minimum absolute atomic E-state index is 0.550. The summed E-state index contributed by atoms with van der Waals surface area (Å²) in [7, 11) is 0. The number of aromatic nitrogens is 2. The Morgan fingerprint density at radius 2 is 1.63 bits per heavy atom. The second-order valence-corrected chi connectivity index (χ2v) is 7.83. The molecule has 2 N–H and O–H groups in total. The zero-order valence-corrected chi connectivity index (χ0v) is 17.8. The molecule has 0 saturated carbocycles. The number of hydrogen-bond donors (Lipinski definition) is 1. The highest BCUT2D eigenvalue weighted by Crippen LogP contribution is 2.17. The lowest BCUT2D eigenvalue weighted by molar-refractivity contribution is 0.131. The Kier molecular flexibility index (Phi) is 6.26.